The Bertz CT molecular complexity index is 312. The first-order chi connectivity index (χ1) is 9.40. The highest BCUT2D eigenvalue weighted by Crippen LogP contribution is 2.27. The normalized spacial score (nSPS) is 19.8. The summed E-state index contributed by atoms with van der Waals surface area (Å²) in [6, 6.07) is 3.00. The van der Waals surface area contributed by atoms with E-state index < -0.39 is 0 Å². The molecule has 1 heterocycles. The molecule has 1 aliphatic carbocycles. The fourth-order valence-electron chi connectivity index (χ4n) is 3.29. The largest absolute Gasteiger partial charge is 0.313 e. The molecule has 0 saturated heterocycles. The molecule has 108 valence electrons. The van der Waals surface area contributed by atoms with Gasteiger partial charge in [0, 0.05) is 6.04 Å². The summed E-state index contributed by atoms with van der Waals surface area (Å²) in [6.45, 7) is 3.44. The average Bonchev–Trinajstić information content (AvgIpc) is 2.87. The first kappa shape index (κ1) is 15.1. The van der Waals surface area contributed by atoms with Crippen LogP contribution in [0.2, 0.25) is 0 Å². The third kappa shape index (κ3) is 5.27. The van der Waals surface area contributed by atoms with E-state index in [1.54, 1.807) is 0 Å². The van der Waals surface area contributed by atoms with Crippen molar-refractivity contribution in [3.05, 3.63) is 22.4 Å². The van der Waals surface area contributed by atoms with E-state index in [9.17, 15) is 0 Å². The van der Waals surface area contributed by atoms with Gasteiger partial charge in [-0.1, -0.05) is 39.0 Å². The van der Waals surface area contributed by atoms with Crippen LogP contribution in [0, 0.1) is 5.92 Å². The number of nitrogens with one attached hydrogen (secondary N) is 1. The van der Waals surface area contributed by atoms with E-state index in [0.717, 1.165) is 5.92 Å². The summed E-state index contributed by atoms with van der Waals surface area (Å²) in [5, 5.41) is 8.37. The van der Waals surface area contributed by atoms with Crippen molar-refractivity contribution >= 4 is 11.3 Å². The van der Waals surface area contributed by atoms with Crippen molar-refractivity contribution in [3.63, 3.8) is 0 Å². The van der Waals surface area contributed by atoms with Gasteiger partial charge in [-0.3, -0.25) is 0 Å². The molecule has 1 atom stereocenters. The summed E-state index contributed by atoms with van der Waals surface area (Å²) in [5.41, 5.74) is 1.53. The van der Waals surface area contributed by atoms with Crippen LogP contribution < -0.4 is 5.32 Å². The molecule has 0 aromatic carbocycles. The minimum atomic E-state index is 0.702. The molecule has 1 unspecified atom stereocenters. The summed E-state index contributed by atoms with van der Waals surface area (Å²) in [7, 11) is 0. The van der Waals surface area contributed by atoms with Crippen LogP contribution in [0.15, 0.2) is 16.8 Å². The predicted molar refractivity (Wildman–Crippen MR) is 85.9 cm³/mol. The lowest BCUT2D eigenvalue weighted by atomic mass is 9.83. The van der Waals surface area contributed by atoms with Crippen molar-refractivity contribution in [2.24, 2.45) is 5.92 Å². The molecule has 1 saturated carbocycles. The third-order valence-corrected chi connectivity index (χ3v) is 5.14. The molecule has 1 aliphatic rings. The van der Waals surface area contributed by atoms with Gasteiger partial charge in [0.15, 0.2) is 0 Å². The minimum absolute atomic E-state index is 0.702. The molecular weight excluding hydrogens is 250 g/mol. The topological polar surface area (TPSA) is 12.0 Å². The number of rotatable bonds is 6. The van der Waals surface area contributed by atoms with E-state index in [0.29, 0.717) is 6.04 Å². The smallest absolute Gasteiger partial charge is 0.0136 e. The van der Waals surface area contributed by atoms with Gasteiger partial charge in [-0.2, -0.15) is 11.3 Å². The molecule has 1 aromatic heterocycles. The summed E-state index contributed by atoms with van der Waals surface area (Å²) in [6.07, 6.45) is 12.6. The van der Waals surface area contributed by atoms with E-state index in [1.165, 1.54) is 69.9 Å². The van der Waals surface area contributed by atoms with Gasteiger partial charge >= 0.3 is 0 Å². The molecule has 1 fully saturated rings. The molecule has 0 aliphatic heterocycles. The van der Waals surface area contributed by atoms with Gasteiger partial charge in [-0.15, -0.1) is 0 Å². The zero-order valence-electron chi connectivity index (χ0n) is 12.4. The standard InChI is InChI=1S/C17H29NS/c1-2-11-18-17(13-15-10-12-19-14-15)16-8-6-4-3-5-7-9-16/h10,12,14,16-18H,2-9,11,13H2,1H3. The number of hydrogen-bond acceptors (Lipinski definition) is 2. The Kier molecular flexibility index (Phi) is 6.94. The van der Waals surface area contributed by atoms with E-state index >= 15 is 0 Å². The lowest BCUT2D eigenvalue weighted by Gasteiger charge is -2.29. The van der Waals surface area contributed by atoms with Crippen LogP contribution in [-0.4, -0.2) is 12.6 Å². The molecule has 2 heteroatoms. The van der Waals surface area contributed by atoms with E-state index in [4.69, 9.17) is 0 Å². The molecule has 0 amide bonds. The van der Waals surface area contributed by atoms with Gasteiger partial charge in [0.25, 0.3) is 0 Å². The van der Waals surface area contributed by atoms with Crippen molar-refractivity contribution in [1.82, 2.24) is 5.32 Å². The summed E-state index contributed by atoms with van der Waals surface area (Å²) >= 11 is 1.83. The van der Waals surface area contributed by atoms with Gasteiger partial charge in [-0.05, 0) is 60.5 Å². The molecule has 1 nitrogen and oxygen atoms in total. The Morgan fingerprint density at radius 3 is 2.58 bits per heavy atom. The summed E-state index contributed by atoms with van der Waals surface area (Å²) in [5.74, 6) is 0.895. The maximum absolute atomic E-state index is 3.83. The Labute approximate surface area is 122 Å². The van der Waals surface area contributed by atoms with Crippen molar-refractivity contribution in [2.75, 3.05) is 6.54 Å². The van der Waals surface area contributed by atoms with Gasteiger partial charge in [0.2, 0.25) is 0 Å². The van der Waals surface area contributed by atoms with Crippen molar-refractivity contribution in [2.45, 2.75) is 70.8 Å². The third-order valence-electron chi connectivity index (χ3n) is 4.41. The molecule has 19 heavy (non-hydrogen) atoms. The Hall–Kier alpha value is -0.340. The second kappa shape index (κ2) is 8.76. The second-order valence-electron chi connectivity index (χ2n) is 6.00. The predicted octanol–water partition coefficient (Wildman–Crippen LogP) is 5.02. The van der Waals surface area contributed by atoms with Crippen LogP contribution in [-0.2, 0) is 6.42 Å². The van der Waals surface area contributed by atoms with Gasteiger partial charge < -0.3 is 5.32 Å². The fraction of sp³-hybridized carbons (Fsp3) is 0.765. The Balaban J connectivity index is 1.93. The van der Waals surface area contributed by atoms with Crippen LogP contribution in [0.4, 0.5) is 0 Å². The van der Waals surface area contributed by atoms with Crippen LogP contribution in [0.25, 0.3) is 0 Å². The van der Waals surface area contributed by atoms with Gasteiger partial charge in [0.1, 0.15) is 0 Å². The quantitative estimate of drug-likeness (QED) is 0.771. The summed E-state index contributed by atoms with van der Waals surface area (Å²) in [4.78, 5) is 0. The monoisotopic (exact) mass is 279 g/mol. The minimum Gasteiger partial charge on any atom is -0.313 e. The Morgan fingerprint density at radius 1 is 1.21 bits per heavy atom. The lowest BCUT2D eigenvalue weighted by molar-refractivity contribution is 0.283. The van der Waals surface area contributed by atoms with Crippen LogP contribution >= 0.6 is 11.3 Å². The molecule has 1 aromatic rings. The van der Waals surface area contributed by atoms with Crippen LogP contribution in [0.5, 0.6) is 0 Å². The highest BCUT2D eigenvalue weighted by atomic mass is 32.1. The molecule has 0 bridgehead atoms. The zero-order valence-corrected chi connectivity index (χ0v) is 13.2. The van der Waals surface area contributed by atoms with Gasteiger partial charge in [-0.25, -0.2) is 0 Å². The van der Waals surface area contributed by atoms with Gasteiger partial charge in [0.05, 0.1) is 0 Å². The van der Waals surface area contributed by atoms with Crippen molar-refractivity contribution < 1.29 is 0 Å². The maximum atomic E-state index is 3.83. The summed E-state index contributed by atoms with van der Waals surface area (Å²) < 4.78 is 0. The fourth-order valence-corrected chi connectivity index (χ4v) is 3.97. The van der Waals surface area contributed by atoms with Crippen molar-refractivity contribution in [3.8, 4) is 0 Å². The van der Waals surface area contributed by atoms with E-state index in [-0.39, 0.29) is 0 Å². The zero-order chi connectivity index (χ0) is 13.3. The van der Waals surface area contributed by atoms with Crippen LogP contribution in [0.1, 0.15) is 63.9 Å². The molecule has 2 rings (SSSR count). The van der Waals surface area contributed by atoms with Crippen LogP contribution in [0.3, 0.4) is 0 Å². The highest BCUT2D eigenvalue weighted by Gasteiger charge is 2.21. The maximum Gasteiger partial charge on any atom is 0.0136 e. The average molecular weight is 279 g/mol. The highest BCUT2D eigenvalue weighted by molar-refractivity contribution is 7.07. The molecular formula is C17H29NS. The second-order valence-corrected chi connectivity index (χ2v) is 6.78. The first-order valence-corrected chi connectivity index (χ1v) is 9.09. The van der Waals surface area contributed by atoms with E-state index in [1.807, 2.05) is 11.3 Å². The number of thiophene rings is 1. The lowest BCUT2D eigenvalue weighted by Crippen LogP contribution is -2.38. The Morgan fingerprint density at radius 2 is 1.95 bits per heavy atom. The number of hydrogen-bond donors (Lipinski definition) is 1. The molecule has 0 radical (unpaired) electrons. The SMILES string of the molecule is CCCNC(Cc1ccsc1)C1CCCCCCC1. The molecule has 1 N–H and O–H groups in total. The first-order valence-electron chi connectivity index (χ1n) is 8.14. The van der Waals surface area contributed by atoms with Crippen molar-refractivity contribution in [1.29, 1.82) is 0 Å². The van der Waals surface area contributed by atoms with E-state index in [2.05, 4.69) is 29.1 Å². The molecule has 0 spiro atoms.